The van der Waals surface area contributed by atoms with Gasteiger partial charge in [-0.2, -0.15) is 0 Å². The van der Waals surface area contributed by atoms with E-state index in [2.05, 4.69) is 13.8 Å². The van der Waals surface area contributed by atoms with Gasteiger partial charge in [0.1, 0.15) is 6.29 Å². The lowest BCUT2D eigenvalue weighted by Crippen LogP contribution is -1.95. The predicted molar refractivity (Wildman–Crippen MR) is 80.9 cm³/mol. The van der Waals surface area contributed by atoms with Gasteiger partial charge in [0.25, 0.3) is 0 Å². The summed E-state index contributed by atoms with van der Waals surface area (Å²) >= 11 is 0. The molecule has 0 aliphatic carbocycles. The molecule has 0 radical (unpaired) electrons. The Labute approximate surface area is 115 Å². The number of carbonyl (C=O) groups is 1. The van der Waals surface area contributed by atoms with Gasteiger partial charge >= 0.3 is 0 Å². The molecule has 1 heteroatoms. The van der Waals surface area contributed by atoms with Crippen LogP contribution in [0.15, 0.2) is 0 Å². The van der Waals surface area contributed by atoms with Crippen LogP contribution in [0.1, 0.15) is 97.3 Å². The van der Waals surface area contributed by atoms with Crippen molar-refractivity contribution in [2.45, 2.75) is 97.3 Å². The molecular formula is C17H34O. The fourth-order valence-electron chi connectivity index (χ4n) is 2.48. The van der Waals surface area contributed by atoms with Gasteiger partial charge in [-0.15, -0.1) is 0 Å². The SMILES string of the molecule is CCCCCCCCCCCC[C@H](C)CCC=O. The molecule has 108 valence electrons. The minimum Gasteiger partial charge on any atom is -0.303 e. The molecule has 0 spiro atoms. The molecule has 0 aliphatic heterocycles. The Morgan fingerprint density at radius 3 is 1.78 bits per heavy atom. The van der Waals surface area contributed by atoms with E-state index in [0.717, 1.165) is 25.0 Å². The predicted octanol–water partition coefficient (Wildman–Crippen LogP) is 5.91. The van der Waals surface area contributed by atoms with Crippen molar-refractivity contribution in [3.05, 3.63) is 0 Å². The van der Waals surface area contributed by atoms with E-state index in [-0.39, 0.29) is 0 Å². The normalized spacial score (nSPS) is 12.6. The summed E-state index contributed by atoms with van der Waals surface area (Å²) in [5.41, 5.74) is 0. The fourth-order valence-corrected chi connectivity index (χ4v) is 2.48. The van der Waals surface area contributed by atoms with Crippen molar-refractivity contribution in [2.75, 3.05) is 0 Å². The summed E-state index contributed by atoms with van der Waals surface area (Å²) < 4.78 is 0. The van der Waals surface area contributed by atoms with Crippen LogP contribution in [0.4, 0.5) is 0 Å². The maximum absolute atomic E-state index is 10.3. The molecule has 0 saturated heterocycles. The highest BCUT2D eigenvalue weighted by molar-refractivity contribution is 5.49. The summed E-state index contributed by atoms with van der Waals surface area (Å²) in [7, 11) is 0. The first-order valence-electron chi connectivity index (χ1n) is 8.24. The Morgan fingerprint density at radius 1 is 0.778 bits per heavy atom. The fraction of sp³-hybridized carbons (Fsp3) is 0.941. The first-order chi connectivity index (χ1) is 8.81. The highest BCUT2D eigenvalue weighted by atomic mass is 16.1. The van der Waals surface area contributed by atoms with E-state index in [1.54, 1.807) is 0 Å². The average Bonchev–Trinajstić information content (AvgIpc) is 2.38. The Bertz CT molecular complexity index is 165. The van der Waals surface area contributed by atoms with Gasteiger partial charge in [0.15, 0.2) is 0 Å². The molecule has 0 aromatic heterocycles. The maximum atomic E-state index is 10.3. The van der Waals surface area contributed by atoms with Crippen molar-refractivity contribution in [2.24, 2.45) is 5.92 Å². The van der Waals surface area contributed by atoms with E-state index in [0.29, 0.717) is 0 Å². The zero-order valence-electron chi connectivity index (χ0n) is 12.8. The third-order valence-electron chi connectivity index (χ3n) is 3.83. The molecule has 0 aliphatic rings. The number of rotatable bonds is 14. The first-order valence-corrected chi connectivity index (χ1v) is 8.24. The van der Waals surface area contributed by atoms with E-state index in [1.165, 1.54) is 70.6 Å². The Kier molecular flexibility index (Phi) is 14.5. The smallest absolute Gasteiger partial charge is 0.120 e. The molecule has 0 aromatic rings. The summed E-state index contributed by atoms with van der Waals surface area (Å²) in [6.45, 7) is 4.55. The van der Waals surface area contributed by atoms with Crippen molar-refractivity contribution in [3.63, 3.8) is 0 Å². The van der Waals surface area contributed by atoms with Gasteiger partial charge < -0.3 is 4.79 Å². The van der Waals surface area contributed by atoms with Crippen molar-refractivity contribution in [1.82, 2.24) is 0 Å². The molecule has 1 nitrogen and oxygen atoms in total. The number of hydrogen-bond acceptors (Lipinski definition) is 1. The average molecular weight is 254 g/mol. The standard InChI is InChI=1S/C17H34O/c1-3-4-5-6-7-8-9-10-11-12-14-17(2)15-13-16-18/h16-17H,3-15H2,1-2H3/t17-/m0/s1. The first kappa shape index (κ1) is 17.7. The highest BCUT2D eigenvalue weighted by Gasteiger charge is 2.01. The Balaban J connectivity index is 3.04. The summed E-state index contributed by atoms with van der Waals surface area (Å²) in [6, 6.07) is 0. The molecule has 0 rings (SSSR count). The second-order valence-corrected chi connectivity index (χ2v) is 5.82. The van der Waals surface area contributed by atoms with Gasteiger partial charge in [-0.3, -0.25) is 0 Å². The summed E-state index contributed by atoms with van der Waals surface area (Å²) in [4.78, 5) is 10.3. The van der Waals surface area contributed by atoms with Crippen LogP contribution >= 0.6 is 0 Å². The van der Waals surface area contributed by atoms with Crippen molar-refractivity contribution < 1.29 is 4.79 Å². The molecule has 18 heavy (non-hydrogen) atoms. The van der Waals surface area contributed by atoms with Crippen LogP contribution < -0.4 is 0 Å². The topological polar surface area (TPSA) is 17.1 Å². The third-order valence-corrected chi connectivity index (χ3v) is 3.83. The molecule has 0 aromatic carbocycles. The lowest BCUT2D eigenvalue weighted by atomic mass is 9.97. The van der Waals surface area contributed by atoms with Gasteiger partial charge in [-0.05, 0) is 12.3 Å². The van der Waals surface area contributed by atoms with Crippen LogP contribution in [0.25, 0.3) is 0 Å². The number of carbonyl (C=O) groups excluding carboxylic acids is 1. The quantitative estimate of drug-likeness (QED) is 0.278. The number of unbranched alkanes of at least 4 members (excludes halogenated alkanes) is 9. The molecule has 0 N–H and O–H groups in total. The van der Waals surface area contributed by atoms with E-state index in [4.69, 9.17) is 0 Å². The van der Waals surface area contributed by atoms with Crippen LogP contribution in [-0.2, 0) is 4.79 Å². The van der Waals surface area contributed by atoms with E-state index in [9.17, 15) is 4.79 Å². The monoisotopic (exact) mass is 254 g/mol. The van der Waals surface area contributed by atoms with Gasteiger partial charge in [0.05, 0.1) is 0 Å². The Hall–Kier alpha value is -0.330. The molecule has 0 unspecified atom stereocenters. The summed E-state index contributed by atoms with van der Waals surface area (Å²) in [5.74, 6) is 0.740. The molecule has 0 bridgehead atoms. The lowest BCUT2D eigenvalue weighted by molar-refractivity contribution is -0.108. The van der Waals surface area contributed by atoms with E-state index >= 15 is 0 Å². The highest BCUT2D eigenvalue weighted by Crippen LogP contribution is 2.16. The van der Waals surface area contributed by atoms with E-state index in [1.807, 2.05) is 0 Å². The largest absolute Gasteiger partial charge is 0.303 e. The molecule has 0 saturated carbocycles. The van der Waals surface area contributed by atoms with Gasteiger partial charge in [0.2, 0.25) is 0 Å². The van der Waals surface area contributed by atoms with Crippen molar-refractivity contribution in [1.29, 1.82) is 0 Å². The minimum atomic E-state index is 0.740. The molecule has 1 atom stereocenters. The van der Waals surface area contributed by atoms with E-state index < -0.39 is 0 Å². The summed E-state index contributed by atoms with van der Waals surface area (Å²) in [6.07, 6.45) is 18.3. The minimum absolute atomic E-state index is 0.740. The Morgan fingerprint density at radius 2 is 1.28 bits per heavy atom. The maximum Gasteiger partial charge on any atom is 0.120 e. The zero-order chi connectivity index (χ0) is 13.5. The van der Waals surface area contributed by atoms with Crippen LogP contribution in [0.3, 0.4) is 0 Å². The third kappa shape index (κ3) is 13.7. The lowest BCUT2D eigenvalue weighted by Gasteiger charge is -2.08. The second kappa shape index (κ2) is 14.7. The van der Waals surface area contributed by atoms with Crippen LogP contribution in [0.5, 0.6) is 0 Å². The van der Waals surface area contributed by atoms with Crippen LogP contribution in [-0.4, -0.2) is 6.29 Å². The summed E-state index contributed by atoms with van der Waals surface area (Å²) in [5, 5.41) is 0. The van der Waals surface area contributed by atoms with Crippen LogP contribution in [0, 0.1) is 5.92 Å². The zero-order valence-corrected chi connectivity index (χ0v) is 12.8. The van der Waals surface area contributed by atoms with Gasteiger partial charge in [0, 0.05) is 6.42 Å². The van der Waals surface area contributed by atoms with Crippen LogP contribution in [0.2, 0.25) is 0 Å². The molecule has 0 heterocycles. The molecule has 0 fully saturated rings. The molecule has 0 amide bonds. The van der Waals surface area contributed by atoms with Crippen molar-refractivity contribution >= 4 is 6.29 Å². The second-order valence-electron chi connectivity index (χ2n) is 5.82. The number of hydrogen-bond donors (Lipinski definition) is 0. The number of aldehydes is 1. The molecular weight excluding hydrogens is 220 g/mol. The van der Waals surface area contributed by atoms with Gasteiger partial charge in [-0.1, -0.05) is 84.5 Å². The van der Waals surface area contributed by atoms with Crippen molar-refractivity contribution in [3.8, 4) is 0 Å². The van der Waals surface area contributed by atoms with Gasteiger partial charge in [-0.25, -0.2) is 0 Å².